The number of aryl methyl sites for hydroxylation is 1. The van der Waals surface area contributed by atoms with Crippen LogP contribution < -0.4 is 35.5 Å². The maximum Gasteiger partial charge on any atom is 0.221 e. The van der Waals surface area contributed by atoms with E-state index >= 15 is 0 Å². The first-order valence-electron chi connectivity index (χ1n) is 10.9. The average molecular weight is 427 g/mol. The third-order valence-electron chi connectivity index (χ3n) is 6.88. The van der Waals surface area contributed by atoms with Gasteiger partial charge < -0.3 is 24.7 Å². The Morgan fingerprint density at radius 3 is 2.42 bits per heavy atom. The molecule has 2 aromatic rings. The summed E-state index contributed by atoms with van der Waals surface area (Å²) in [6, 6.07) is 4.20. The second-order valence-electron chi connectivity index (χ2n) is 8.51. The molecule has 1 aromatic carbocycles. The quantitative estimate of drug-likeness (QED) is 0.686. The van der Waals surface area contributed by atoms with Gasteiger partial charge in [0, 0.05) is 34.8 Å². The highest BCUT2D eigenvalue weighted by Crippen LogP contribution is 2.52. The van der Waals surface area contributed by atoms with Crippen molar-refractivity contribution in [2.75, 3.05) is 27.1 Å². The second-order valence-corrected chi connectivity index (χ2v) is 8.51. The van der Waals surface area contributed by atoms with E-state index < -0.39 is 0 Å². The van der Waals surface area contributed by atoms with E-state index in [0.29, 0.717) is 23.1 Å². The molecule has 4 atom stereocenters. The SMILES string of the molecule is COc1cc(C2c3c(nc4c(c3N)CCCC4)OC3NNC(C)C32)cc(OC)c1OC. The Morgan fingerprint density at radius 2 is 1.74 bits per heavy atom. The maximum atomic E-state index is 6.83. The fourth-order valence-corrected chi connectivity index (χ4v) is 5.38. The maximum absolute atomic E-state index is 6.83. The van der Waals surface area contributed by atoms with E-state index in [1.165, 1.54) is 5.56 Å². The summed E-state index contributed by atoms with van der Waals surface area (Å²) in [6.07, 6.45) is 3.97. The molecule has 4 N–H and O–H groups in total. The summed E-state index contributed by atoms with van der Waals surface area (Å²) in [4.78, 5) is 4.94. The number of aromatic nitrogens is 1. The number of hydrogen-bond donors (Lipinski definition) is 3. The van der Waals surface area contributed by atoms with Gasteiger partial charge in [0.1, 0.15) is 0 Å². The van der Waals surface area contributed by atoms with E-state index in [9.17, 15) is 0 Å². The molecule has 1 aromatic heterocycles. The van der Waals surface area contributed by atoms with Crippen molar-refractivity contribution in [3.05, 3.63) is 34.5 Å². The van der Waals surface area contributed by atoms with Gasteiger partial charge in [-0.15, -0.1) is 0 Å². The molecule has 1 aliphatic carbocycles. The second kappa shape index (κ2) is 7.76. The minimum absolute atomic E-state index is 0.0420. The molecule has 1 saturated heterocycles. The molecule has 8 nitrogen and oxygen atoms in total. The van der Waals surface area contributed by atoms with Crippen LogP contribution in [-0.2, 0) is 12.8 Å². The molecule has 5 rings (SSSR count). The lowest BCUT2D eigenvalue weighted by Crippen LogP contribution is -2.42. The molecule has 3 aliphatic rings. The number of rotatable bonds is 4. The number of ether oxygens (including phenoxy) is 4. The number of benzene rings is 1. The van der Waals surface area contributed by atoms with E-state index in [0.717, 1.165) is 48.2 Å². The summed E-state index contributed by atoms with van der Waals surface area (Å²) in [6.45, 7) is 2.15. The van der Waals surface area contributed by atoms with Crippen molar-refractivity contribution in [3.8, 4) is 23.1 Å². The summed E-state index contributed by atoms with van der Waals surface area (Å²) < 4.78 is 23.2. The lowest BCUT2D eigenvalue weighted by molar-refractivity contribution is 0.0966. The molecule has 31 heavy (non-hydrogen) atoms. The standard InChI is InChI=1S/C23H30N4O4/c1-11-17-18(12-9-15(28-2)21(30-4)16(10-12)29-3)19-20(24)13-7-5-6-8-14(13)25-22(19)31-23(17)27-26-11/h9-11,17-18,23,26-27H,5-8H2,1-4H3,(H2,24,25). The molecule has 3 heterocycles. The van der Waals surface area contributed by atoms with Gasteiger partial charge in [-0.25, -0.2) is 10.4 Å². The van der Waals surface area contributed by atoms with Gasteiger partial charge in [0.15, 0.2) is 17.7 Å². The van der Waals surface area contributed by atoms with Gasteiger partial charge in [-0.2, -0.15) is 0 Å². The smallest absolute Gasteiger partial charge is 0.221 e. The summed E-state index contributed by atoms with van der Waals surface area (Å²) in [5, 5.41) is 0. The van der Waals surface area contributed by atoms with E-state index in [2.05, 4.69) is 17.8 Å². The van der Waals surface area contributed by atoms with Crippen LogP contribution in [0.4, 0.5) is 5.69 Å². The average Bonchev–Trinajstić information content (AvgIpc) is 3.17. The summed E-state index contributed by atoms with van der Waals surface area (Å²) in [5.74, 6) is 2.52. The fourth-order valence-electron chi connectivity index (χ4n) is 5.38. The van der Waals surface area contributed by atoms with Crippen LogP contribution in [0, 0.1) is 5.92 Å². The van der Waals surface area contributed by atoms with Crippen molar-refractivity contribution in [2.45, 2.75) is 50.8 Å². The third kappa shape index (κ3) is 3.08. The Balaban J connectivity index is 1.74. The molecular formula is C23H30N4O4. The number of nitrogens with one attached hydrogen (secondary N) is 2. The van der Waals surface area contributed by atoms with Gasteiger partial charge in [0.2, 0.25) is 11.6 Å². The van der Waals surface area contributed by atoms with Crippen LogP contribution in [0.2, 0.25) is 0 Å². The first-order chi connectivity index (χ1) is 15.1. The lowest BCUT2D eigenvalue weighted by Gasteiger charge is -2.38. The monoisotopic (exact) mass is 426 g/mol. The number of nitrogens with zero attached hydrogens (tertiary/aromatic N) is 1. The van der Waals surface area contributed by atoms with Gasteiger partial charge in [0.25, 0.3) is 0 Å². The predicted octanol–water partition coefficient (Wildman–Crippen LogP) is 2.53. The summed E-state index contributed by atoms with van der Waals surface area (Å²) in [5.41, 5.74) is 18.5. The molecule has 0 bridgehead atoms. The Kier molecular flexibility index (Phi) is 5.06. The molecule has 0 spiro atoms. The molecular weight excluding hydrogens is 396 g/mol. The van der Waals surface area contributed by atoms with Gasteiger partial charge in [-0.3, -0.25) is 5.43 Å². The van der Waals surface area contributed by atoms with Gasteiger partial charge in [-0.05, 0) is 55.9 Å². The summed E-state index contributed by atoms with van der Waals surface area (Å²) in [7, 11) is 4.88. The highest BCUT2D eigenvalue weighted by molar-refractivity contribution is 5.66. The van der Waals surface area contributed by atoms with Gasteiger partial charge in [-0.1, -0.05) is 0 Å². The third-order valence-corrected chi connectivity index (χ3v) is 6.88. The molecule has 0 saturated carbocycles. The Hall–Kier alpha value is -2.71. The van der Waals surface area contributed by atoms with Crippen molar-refractivity contribution in [2.24, 2.45) is 5.92 Å². The number of hydrazine groups is 1. The fraction of sp³-hybridized carbons (Fsp3) is 0.522. The van der Waals surface area contributed by atoms with Crippen LogP contribution >= 0.6 is 0 Å². The number of nitrogens with two attached hydrogens (primary N) is 1. The van der Waals surface area contributed by atoms with Crippen LogP contribution in [0.3, 0.4) is 0 Å². The highest BCUT2D eigenvalue weighted by Gasteiger charge is 2.48. The van der Waals surface area contributed by atoms with Crippen LogP contribution in [0.25, 0.3) is 0 Å². The van der Waals surface area contributed by atoms with Crippen LogP contribution in [0.15, 0.2) is 12.1 Å². The Labute approximate surface area is 182 Å². The largest absolute Gasteiger partial charge is 0.493 e. The first-order valence-corrected chi connectivity index (χ1v) is 10.9. The zero-order valence-corrected chi connectivity index (χ0v) is 18.5. The number of anilines is 1. The van der Waals surface area contributed by atoms with E-state index in [4.69, 9.17) is 29.7 Å². The zero-order chi connectivity index (χ0) is 21.7. The molecule has 4 unspecified atom stereocenters. The minimum Gasteiger partial charge on any atom is -0.493 e. The van der Waals surface area contributed by atoms with Gasteiger partial charge >= 0.3 is 0 Å². The van der Waals surface area contributed by atoms with Gasteiger partial charge in [0.05, 0.1) is 21.3 Å². The molecule has 8 heteroatoms. The summed E-state index contributed by atoms with van der Waals surface area (Å²) >= 11 is 0. The van der Waals surface area contributed by atoms with Crippen molar-refractivity contribution in [3.63, 3.8) is 0 Å². The lowest BCUT2D eigenvalue weighted by atomic mass is 9.74. The van der Waals surface area contributed by atoms with Crippen LogP contribution in [0.1, 0.15) is 48.1 Å². The van der Waals surface area contributed by atoms with Crippen molar-refractivity contribution >= 4 is 5.69 Å². The molecule has 1 fully saturated rings. The van der Waals surface area contributed by atoms with Crippen LogP contribution in [-0.4, -0.2) is 38.6 Å². The van der Waals surface area contributed by atoms with E-state index in [1.54, 1.807) is 21.3 Å². The topological polar surface area (TPSA) is 99.9 Å². The molecule has 0 amide bonds. The first kappa shape index (κ1) is 20.2. The number of pyridine rings is 1. The number of nitrogen functional groups attached to an aromatic ring is 1. The molecule has 0 radical (unpaired) electrons. The zero-order valence-electron chi connectivity index (χ0n) is 18.5. The predicted molar refractivity (Wildman–Crippen MR) is 117 cm³/mol. The van der Waals surface area contributed by atoms with Crippen molar-refractivity contribution < 1.29 is 18.9 Å². The van der Waals surface area contributed by atoms with Crippen molar-refractivity contribution in [1.29, 1.82) is 0 Å². The van der Waals surface area contributed by atoms with E-state index in [-0.39, 0.29) is 24.1 Å². The van der Waals surface area contributed by atoms with E-state index in [1.807, 2.05) is 12.1 Å². The normalized spacial score (nSPS) is 26.3. The number of fused-ring (bicyclic) bond motifs is 3. The molecule has 2 aliphatic heterocycles. The Morgan fingerprint density at radius 1 is 1.03 bits per heavy atom. The number of hydrogen-bond acceptors (Lipinski definition) is 8. The van der Waals surface area contributed by atoms with Crippen LogP contribution in [0.5, 0.6) is 23.1 Å². The molecule has 166 valence electrons. The Bertz CT molecular complexity index is 987. The highest BCUT2D eigenvalue weighted by atomic mass is 16.5. The minimum atomic E-state index is -0.208. The van der Waals surface area contributed by atoms with Crippen molar-refractivity contribution in [1.82, 2.24) is 15.8 Å². The number of methoxy groups -OCH3 is 3.